The molecule has 0 N–H and O–H groups in total. The second kappa shape index (κ2) is 13.7. The van der Waals surface area contributed by atoms with Crippen molar-refractivity contribution in [1.82, 2.24) is 0 Å². The lowest BCUT2D eigenvalue weighted by Gasteiger charge is -2.31. The first-order chi connectivity index (χ1) is 33.3. The monoisotopic (exact) mass is 844 g/mol. The number of rotatable bonds is 3. The molecule has 2 aliphatic carbocycles. The van der Waals surface area contributed by atoms with Gasteiger partial charge in [0.1, 0.15) is 0 Å². The van der Waals surface area contributed by atoms with E-state index in [2.05, 4.69) is 243 Å². The van der Waals surface area contributed by atoms with Crippen molar-refractivity contribution in [2.75, 3.05) is 0 Å². The van der Waals surface area contributed by atoms with Crippen molar-refractivity contribution in [1.29, 1.82) is 0 Å². The van der Waals surface area contributed by atoms with Crippen LogP contribution in [-0.2, 0) is 5.41 Å². The smallest absolute Gasteiger partial charge is 0.0619 e. The van der Waals surface area contributed by atoms with E-state index in [1.54, 1.807) is 0 Å². The summed E-state index contributed by atoms with van der Waals surface area (Å²) in [5, 5.41) is 15.3. The quantitative estimate of drug-likeness (QED) is 0.123. The lowest BCUT2D eigenvalue weighted by Crippen LogP contribution is -2.26. The standard InChI is InChI=1S/C67H40/c1-4-23-46-41(18-1)36-37-61-65(46)66-52-29-8-7-26-49(52)57(40-62(66)67(61)59-34-15-13-27-50(59)51-28-14-16-35-60(51)67)42-20-17-21-44(38-42)63-53-30-9-11-32-55(53)64(56-33-12-10-31-54(56)63)58-39-43-19-2-3-22-45(43)47-24-5-6-25-48(47)58/h1-40H. The van der Waals surface area contributed by atoms with Crippen LogP contribution in [0.5, 0.6) is 0 Å². The van der Waals surface area contributed by atoms with E-state index in [-0.39, 0.29) is 0 Å². The lowest BCUT2D eigenvalue weighted by molar-refractivity contribution is 0.795. The fourth-order valence-corrected chi connectivity index (χ4v) is 12.8. The van der Waals surface area contributed by atoms with E-state index in [4.69, 9.17) is 0 Å². The van der Waals surface area contributed by atoms with Crippen LogP contribution in [0.15, 0.2) is 243 Å². The molecule has 13 aromatic rings. The zero-order valence-corrected chi connectivity index (χ0v) is 36.6. The van der Waals surface area contributed by atoms with E-state index in [0.29, 0.717) is 0 Å². The Kier molecular flexibility index (Phi) is 7.52. The first-order valence-corrected chi connectivity index (χ1v) is 23.5. The molecule has 0 nitrogen and oxygen atoms in total. The predicted octanol–water partition coefficient (Wildman–Crippen LogP) is 18.0. The van der Waals surface area contributed by atoms with Crippen LogP contribution in [-0.4, -0.2) is 0 Å². The Morgan fingerprint density at radius 3 is 1.31 bits per heavy atom. The largest absolute Gasteiger partial charge is 0.0726 e. The molecule has 15 rings (SSSR count). The summed E-state index contributed by atoms with van der Waals surface area (Å²) in [6.07, 6.45) is 0. The van der Waals surface area contributed by atoms with Gasteiger partial charge in [0.05, 0.1) is 5.41 Å². The number of hydrogen-bond donors (Lipinski definition) is 0. The summed E-state index contributed by atoms with van der Waals surface area (Å²) >= 11 is 0. The molecule has 0 radical (unpaired) electrons. The van der Waals surface area contributed by atoms with Gasteiger partial charge in [0, 0.05) is 0 Å². The van der Waals surface area contributed by atoms with Gasteiger partial charge < -0.3 is 0 Å². The second-order valence-electron chi connectivity index (χ2n) is 18.6. The van der Waals surface area contributed by atoms with E-state index >= 15 is 0 Å². The van der Waals surface area contributed by atoms with Gasteiger partial charge in [-0.1, -0.05) is 224 Å². The summed E-state index contributed by atoms with van der Waals surface area (Å²) in [7, 11) is 0. The van der Waals surface area contributed by atoms with E-state index in [0.717, 1.165) is 0 Å². The Morgan fingerprint density at radius 1 is 0.194 bits per heavy atom. The van der Waals surface area contributed by atoms with Crippen LogP contribution in [0, 0.1) is 0 Å². The fourth-order valence-electron chi connectivity index (χ4n) is 12.8. The minimum absolute atomic E-state index is 0.479. The molecule has 0 aliphatic heterocycles. The van der Waals surface area contributed by atoms with Gasteiger partial charge in [-0.25, -0.2) is 0 Å². The Balaban J connectivity index is 1.02. The molecule has 0 saturated carbocycles. The normalized spacial score (nSPS) is 13.2. The van der Waals surface area contributed by atoms with Gasteiger partial charge in [0.15, 0.2) is 0 Å². The van der Waals surface area contributed by atoms with Gasteiger partial charge in [-0.05, 0) is 161 Å². The Labute approximate surface area is 388 Å². The summed E-state index contributed by atoms with van der Waals surface area (Å²) in [6.45, 7) is 0. The van der Waals surface area contributed by atoms with Gasteiger partial charge in [0.25, 0.3) is 0 Å². The molecule has 13 aromatic carbocycles. The van der Waals surface area contributed by atoms with Crippen LogP contribution in [0.2, 0.25) is 0 Å². The van der Waals surface area contributed by atoms with Crippen molar-refractivity contribution in [3.8, 4) is 55.6 Å². The van der Waals surface area contributed by atoms with Crippen molar-refractivity contribution in [3.63, 3.8) is 0 Å². The Hall–Kier alpha value is -8.58. The van der Waals surface area contributed by atoms with E-state index in [1.807, 2.05) is 0 Å². The molecule has 0 saturated heterocycles. The third-order valence-electron chi connectivity index (χ3n) is 15.4. The van der Waals surface area contributed by atoms with Crippen molar-refractivity contribution in [2.45, 2.75) is 5.41 Å². The summed E-state index contributed by atoms with van der Waals surface area (Å²) in [5.74, 6) is 0. The maximum absolute atomic E-state index is 2.58. The minimum atomic E-state index is -0.479. The third-order valence-corrected chi connectivity index (χ3v) is 15.4. The van der Waals surface area contributed by atoms with Gasteiger partial charge >= 0.3 is 0 Å². The van der Waals surface area contributed by atoms with Gasteiger partial charge in [-0.3, -0.25) is 0 Å². The average Bonchev–Trinajstić information content (AvgIpc) is 3.87. The molecular weight excluding hydrogens is 805 g/mol. The summed E-state index contributed by atoms with van der Waals surface area (Å²) in [6, 6.07) is 91.5. The molecule has 0 fully saturated rings. The van der Waals surface area contributed by atoms with Gasteiger partial charge in [0.2, 0.25) is 0 Å². The molecule has 308 valence electrons. The zero-order valence-electron chi connectivity index (χ0n) is 36.6. The Morgan fingerprint density at radius 2 is 0.657 bits per heavy atom. The molecule has 0 aromatic heterocycles. The summed E-state index contributed by atoms with van der Waals surface area (Å²) < 4.78 is 0. The van der Waals surface area contributed by atoms with Crippen LogP contribution in [0.4, 0.5) is 0 Å². The third kappa shape index (κ3) is 4.86. The number of fused-ring (bicyclic) bond motifs is 19. The highest BCUT2D eigenvalue weighted by Gasteiger charge is 2.52. The number of hydrogen-bond acceptors (Lipinski definition) is 0. The van der Waals surface area contributed by atoms with E-state index in [1.165, 1.54) is 143 Å². The highest BCUT2D eigenvalue weighted by atomic mass is 14.5. The van der Waals surface area contributed by atoms with Gasteiger partial charge in [-0.15, -0.1) is 0 Å². The van der Waals surface area contributed by atoms with Crippen LogP contribution in [0.3, 0.4) is 0 Å². The maximum atomic E-state index is 2.58. The predicted molar refractivity (Wildman–Crippen MR) is 284 cm³/mol. The van der Waals surface area contributed by atoms with Crippen LogP contribution < -0.4 is 0 Å². The zero-order chi connectivity index (χ0) is 43.8. The molecular formula is C67H40. The molecule has 67 heavy (non-hydrogen) atoms. The molecule has 0 bridgehead atoms. The topological polar surface area (TPSA) is 0 Å². The number of benzene rings is 13. The molecule has 0 heteroatoms. The van der Waals surface area contributed by atoms with Crippen molar-refractivity contribution in [3.05, 3.63) is 265 Å². The van der Waals surface area contributed by atoms with E-state index < -0.39 is 5.41 Å². The second-order valence-corrected chi connectivity index (χ2v) is 18.6. The SMILES string of the molecule is c1cc(-c2cc3c(c4ccccc24)-c2c(ccc4ccccc24)C32c3ccccc3-c3ccccc32)cc(-c2c3ccccc3c(-c3cc4ccccc4c4ccccc34)c3ccccc23)c1. The van der Waals surface area contributed by atoms with Gasteiger partial charge in [-0.2, -0.15) is 0 Å². The van der Waals surface area contributed by atoms with E-state index in [9.17, 15) is 0 Å². The highest BCUT2D eigenvalue weighted by Crippen LogP contribution is 2.65. The first-order valence-electron chi connectivity index (χ1n) is 23.5. The average molecular weight is 845 g/mol. The molecule has 1 spiro atoms. The summed E-state index contributed by atoms with van der Waals surface area (Å²) in [5.41, 5.74) is 17.8. The van der Waals surface area contributed by atoms with Crippen molar-refractivity contribution < 1.29 is 0 Å². The van der Waals surface area contributed by atoms with Crippen LogP contribution >= 0.6 is 0 Å². The Bertz CT molecular complexity index is 4180. The minimum Gasteiger partial charge on any atom is -0.0619 e. The van der Waals surface area contributed by atoms with Crippen molar-refractivity contribution in [2.24, 2.45) is 0 Å². The van der Waals surface area contributed by atoms with Crippen LogP contribution in [0.1, 0.15) is 22.3 Å². The molecule has 0 amide bonds. The first kappa shape index (κ1) is 36.7. The van der Waals surface area contributed by atoms with Crippen LogP contribution in [0.25, 0.3) is 120 Å². The highest BCUT2D eigenvalue weighted by molar-refractivity contribution is 6.26. The lowest BCUT2D eigenvalue weighted by atomic mass is 9.70. The molecule has 2 aliphatic rings. The molecule has 0 atom stereocenters. The molecule has 0 unspecified atom stereocenters. The van der Waals surface area contributed by atoms with Crippen molar-refractivity contribution >= 4 is 64.6 Å². The maximum Gasteiger partial charge on any atom is 0.0726 e. The molecule has 0 heterocycles. The fraction of sp³-hybridized carbons (Fsp3) is 0.0149. The summed E-state index contributed by atoms with van der Waals surface area (Å²) in [4.78, 5) is 0.